The summed E-state index contributed by atoms with van der Waals surface area (Å²) in [6.45, 7) is 4.04. The molecule has 1 heterocycles. The van der Waals surface area contributed by atoms with Crippen LogP contribution in [0.5, 0.6) is 0 Å². The highest BCUT2D eigenvalue weighted by Gasteiger charge is 2.44. The molecule has 4 nitrogen and oxygen atoms in total. The van der Waals surface area contributed by atoms with Gasteiger partial charge >= 0.3 is 0 Å². The largest absolute Gasteiger partial charge is 0.372 e. The number of rotatable bonds is 3. The molecule has 1 aliphatic heterocycles. The molecule has 0 amide bonds. The maximum absolute atomic E-state index is 11.7. The van der Waals surface area contributed by atoms with Gasteiger partial charge in [0.05, 0.1) is 5.92 Å². The van der Waals surface area contributed by atoms with Crippen molar-refractivity contribution >= 4 is 5.69 Å². The molecule has 0 unspecified atom stereocenters. The molecule has 0 bridgehead atoms. The van der Waals surface area contributed by atoms with Gasteiger partial charge in [-0.05, 0) is 30.5 Å². The van der Waals surface area contributed by atoms with Gasteiger partial charge in [-0.15, -0.1) is 0 Å². The minimum absolute atomic E-state index is 0.0706. The van der Waals surface area contributed by atoms with Crippen molar-refractivity contribution in [3.8, 4) is 0 Å². The van der Waals surface area contributed by atoms with E-state index >= 15 is 0 Å². The van der Waals surface area contributed by atoms with Crippen LogP contribution in [0.2, 0.25) is 0 Å². The van der Waals surface area contributed by atoms with Crippen LogP contribution in [0.1, 0.15) is 42.0 Å². The van der Waals surface area contributed by atoms with Crippen LogP contribution in [-0.4, -0.2) is 11.0 Å². The average molecular weight is 296 g/mol. The predicted molar refractivity (Wildman–Crippen MR) is 87.8 cm³/mol. The third kappa shape index (κ3) is 2.45. The second-order valence-corrected chi connectivity index (χ2v) is 5.91. The molecular formula is C18H20N2O2. The van der Waals surface area contributed by atoms with Crippen LogP contribution in [0.4, 0.5) is 5.69 Å². The minimum atomic E-state index is -0.650. The summed E-state index contributed by atoms with van der Waals surface area (Å²) in [5.41, 5.74) is 4.19. The number of hydrogen-bond donors (Lipinski definition) is 1. The van der Waals surface area contributed by atoms with Gasteiger partial charge in [-0.25, -0.2) is 0 Å². The summed E-state index contributed by atoms with van der Waals surface area (Å²) in [5, 5.41) is 15.1. The molecule has 22 heavy (non-hydrogen) atoms. The average Bonchev–Trinajstić information content (AvgIpc) is 2.53. The Hall–Kier alpha value is -2.36. The molecule has 4 heteroatoms. The molecule has 3 rings (SSSR count). The highest BCUT2D eigenvalue weighted by molar-refractivity contribution is 5.58. The van der Waals surface area contributed by atoms with Gasteiger partial charge in [0.15, 0.2) is 0 Å². The van der Waals surface area contributed by atoms with E-state index < -0.39 is 6.04 Å². The number of para-hydroxylation sites is 1. The highest BCUT2D eigenvalue weighted by atomic mass is 16.6. The fourth-order valence-electron chi connectivity index (χ4n) is 3.41. The van der Waals surface area contributed by atoms with Gasteiger partial charge in [-0.2, -0.15) is 0 Å². The Kier molecular flexibility index (Phi) is 3.84. The number of anilines is 1. The monoisotopic (exact) mass is 296 g/mol. The minimum Gasteiger partial charge on any atom is -0.372 e. The van der Waals surface area contributed by atoms with Crippen molar-refractivity contribution in [1.29, 1.82) is 0 Å². The molecule has 0 aromatic heterocycles. The molecule has 0 aliphatic carbocycles. The first-order valence-electron chi connectivity index (χ1n) is 7.67. The van der Waals surface area contributed by atoms with Crippen molar-refractivity contribution in [2.45, 2.75) is 38.3 Å². The van der Waals surface area contributed by atoms with Crippen LogP contribution in [0.15, 0.2) is 48.5 Å². The van der Waals surface area contributed by atoms with Crippen molar-refractivity contribution in [2.75, 3.05) is 5.32 Å². The van der Waals surface area contributed by atoms with Crippen LogP contribution in [-0.2, 0) is 0 Å². The van der Waals surface area contributed by atoms with Crippen LogP contribution in [0, 0.1) is 17.0 Å². The fourth-order valence-corrected chi connectivity index (χ4v) is 3.41. The number of benzene rings is 2. The molecule has 0 saturated heterocycles. The van der Waals surface area contributed by atoms with E-state index in [1.807, 2.05) is 62.4 Å². The summed E-state index contributed by atoms with van der Waals surface area (Å²) in [4.78, 5) is 11.6. The highest BCUT2D eigenvalue weighted by Crippen LogP contribution is 2.43. The van der Waals surface area contributed by atoms with Crippen molar-refractivity contribution in [1.82, 2.24) is 0 Å². The lowest BCUT2D eigenvalue weighted by Gasteiger charge is -2.35. The zero-order valence-electron chi connectivity index (χ0n) is 12.8. The van der Waals surface area contributed by atoms with E-state index in [1.54, 1.807) is 0 Å². The molecule has 0 spiro atoms. The Morgan fingerprint density at radius 3 is 2.45 bits per heavy atom. The summed E-state index contributed by atoms with van der Waals surface area (Å²) in [7, 11) is 0. The van der Waals surface area contributed by atoms with E-state index in [4.69, 9.17) is 0 Å². The van der Waals surface area contributed by atoms with Gasteiger partial charge in [0.1, 0.15) is 6.04 Å². The smallest absolute Gasteiger partial charge is 0.243 e. The summed E-state index contributed by atoms with van der Waals surface area (Å²) >= 11 is 0. The number of nitrogens with one attached hydrogen (secondary N) is 1. The SMILES string of the molecule is CC[C@@H]1c2ccccc2N[C@H](c2ccc(C)cc2)[C@@H]1[N+](=O)[O-]. The molecule has 1 N–H and O–H groups in total. The van der Waals surface area contributed by atoms with Gasteiger partial charge in [0, 0.05) is 10.6 Å². The quantitative estimate of drug-likeness (QED) is 0.678. The molecular weight excluding hydrogens is 276 g/mol. The van der Waals surface area contributed by atoms with Crippen LogP contribution >= 0.6 is 0 Å². The van der Waals surface area contributed by atoms with Crippen molar-refractivity contribution < 1.29 is 4.92 Å². The van der Waals surface area contributed by atoms with Crippen LogP contribution in [0.25, 0.3) is 0 Å². The van der Waals surface area contributed by atoms with Crippen molar-refractivity contribution in [2.24, 2.45) is 0 Å². The lowest BCUT2D eigenvalue weighted by Crippen LogP contribution is -2.41. The topological polar surface area (TPSA) is 55.2 Å². The van der Waals surface area contributed by atoms with Crippen LogP contribution < -0.4 is 5.32 Å². The zero-order valence-corrected chi connectivity index (χ0v) is 12.8. The zero-order chi connectivity index (χ0) is 15.7. The number of nitro groups is 1. The summed E-state index contributed by atoms with van der Waals surface area (Å²) in [6, 6.07) is 15.0. The predicted octanol–water partition coefficient (Wildman–Crippen LogP) is 4.30. The molecule has 1 aliphatic rings. The second kappa shape index (κ2) is 5.79. The molecule has 2 aromatic carbocycles. The summed E-state index contributed by atoms with van der Waals surface area (Å²) in [6.07, 6.45) is 0.757. The Balaban J connectivity index is 2.09. The van der Waals surface area contributed by atoms with E-state index in [9.17, 15) is 10.1 Å². The molecule has 0 fully saturated rings. The molecule has 2 aromatic rings. The summed E-state index contributed by atoms with van der Waals surface area (Å²) in [5.74, 6) is -0.0706. The molecule has 3 atom stereocenters. The lowest BCUT2D eigenvalue weighted by atomic mass is 9.79. The number of aryl methyl sites for hydroxylation is 1. The second-order valence-electron chi connectivity index (χ2n) is 5.91. The molecule has 0 radical (unpaired) electrons. The lowest BCUT2D eigenvalue weighted by molar-refractivity contribution is -0.530. The number of hydrogen-bond acceptors (Lipinski definition) is 3. The first kappa shape index (κ1) is 14.6. The number of fused-ring (bicyclic) bond motifs is 1. The standard InChI is InChI=1S/C18H20N2O2/c1-3-14-15-6-4-5-7-16(15)19-17(18(14)20(21)22)13-10-8-12(2)9-11-13/h4-11,14,17-19H,3H2,1-2H3/t14-,17-,18-/m1/s1. The fraction of sp³-hybridized carbons (Fsp3) is 0.333. The Morgan fingerprint density at radius 1 is 1.14 bits per heavy atom. The van der Waals surface area contributed by atoms with E-state index in [2.05, 4.69) is 5.32 Å². The van der Waals surface area contributed by atoms with Gasteiger partial charge in [0.2, 0.25) is 6.04 Å². The number of nitrogens with zero attached hydrogens (tertiary/aromatic N) is 1. The van der Waals surface area contributed by atoms with E-state index in [0.717, 1.165) is 28.8 Å². The van der Waals surface area contributed by atoms with Gasteiger partial charge in [-0.3, -0.25) is 10.1 Å². The van der Waals surface area contributed by atoms with Gasteiger partial charge in [-0.1, -0.05) is 55.0 Å². The third-order valence-electron chi connectivity index (χ3n) is 4.54. The van der Waals surface area contributed by atoms with E-state index in [1.165, 1.54) is 0 Å². The van der Waals surface area contributed by atoms with Crippen molar-refractivity contribution in [3.63, 3.8) is 0 Å². The Morgan fingerprint density at radius 2 is 1.82 bits per heavy atom. The first-order valence-corrected chi connectivity index (χ1v) is 7.67. The summed E-state index contributed by atoms with van der Waals surface area (Å²) < 4.78 is 0. The molecule has 114 valence electrons. The van der Waals surface area contributed by atoms with Gasteiger partial charge in [0.25, 0.3) is 0 Å². The Labute approximate surface area is 130 Å². The van der Waals surface area contributed by atoms with E-state index in [0.29, 0.717) is 0 Å². The molecule has 0 saturated carbocycles. The maximum Gasteiger partial charge on any atom is 0.243 e. The first-order chi connectivity index (χ1) is 10.6. The van der Waals surface area contributed by atoms with Crippen molar-refractivity contribution in [3.05, 3.63) is 75.3 Å². The van der Waals surface area contributed by atoms with E-state index in [-0.39, 0.29) is 16.9 Å². The van der Waals surface area contributed by atoms with Crippen LogP contribution in [0.3, 0.4) is 0 Å². The Bertz CT molecular complexity index is 682. The third-order valence-corrected chi connectivity index (χ3v) is 4.54. The normalized spacial score (nSPS) is 23.5. The van der Waals surface area contributed by atoms with Gasteiger partial charge < -0.3 is 5.32 Å². The maximum atomic E-state index is 11.7.